The maximum Gasteiger partial charge on any atom is 0.305 e. The Labute approximate surface area is 126 Å². The van der Waals surface area contributed by atoms with Crippen molar-refractivity contribution < 1.29 is 17.9 Å². The summed E-state index contributed by atoms with van der Waals surface area (Å²) in [6, 6.07) is 6.83. The molecule has 1 aromatic rings. The van der Waals surface area contributed by atoms with Gasteiger partial charge >= 0.3 is 5.97 Å². The highest BCUT2D eigenvalue weighted by Gasteiger charge is 2.22. The number of carbonyl (C=O) groups excluding carboxylic acids is 1. The lowest BCUT2D eigenvalue weighted by Crippen LogP contribution is -2.26. The summed E-state index contributed by atoms with van der Waals surface area (Å²) >= 11 is 0. The average molecular weight is 314 g/mol. The van der Waals surface area contributed by atoms with E-state index in [2.05, 4.69) is 4.74 Å². The molecular formula is C14H22N2O4S. The Bertz CT molecular complexity index is 584. The van der Waals surface area contributed by atoms with Gasteiger partial charge in [-0.2, -0.15) is 0 Å². The monoisotopic (exact) mass is 314 g/mol. The highest BCUT2D eigenvalue weighted by atomic mass is 32.2. The number of carbonyl (C=O) groups is 1. The number of hydrogen-bond donors (Lipinski definition) is 0. The highest BCUT2D eigenvalue weighted by Crippen LogP contribution is 2.26. The van der Waals surface area contributed by atoms with Crippen LogP contribution in [0.15, 0.2) is 29.2 Å². The van der Waals surface area contributed by atoms with Crippen molar-refractivity contribution in [3.05, 3.63) is 24.3 Å². The predicted molar refractivity (Wildman–Crippen MR) is 81.8 cm³/mol. The predicted octanol–water partition coefficient (Wildman–Crippen LogP) is 1.33. The molecule has 0 fully saturated rings. The molecule has 0 spiro atoms. The van der Waals surface area contributed by atoms with E-state index in [0.29, 0.717) is 25.1 Å². The minimum atomic E-state index is -3.50. The lowest BCUT2D eigenvalue weighted by molar-refractivity contribution is -0.140. The first-order valence-electron chi connectivity index (χ1n) is 6.60. The SMILES string of the molecule is COC(=O)CCCN(C)c1ccccc1S(=O)(=O)N(C)C. The Hall–Kier alpha value is -1.60. The number of sulfonamides is 1. The molecule has 0 aliphatic carbocycles. The van der Waals surface area contributed by atoms with Gasteiger partial charge in [0.2, 0.25) is 10.0 Å². The molecule has 118 valence electrons. The van der Waals surface area contributed by atoms with E-state index in [9.17, 15) is 13.2 Å². The molecule has 0 heterocycles. The molecule has 0 saturated carbocycles. The van der Waals surface area contributed by atoms with Gasteiger partial charge in [-0.1, -0.05) is 12.1 Å². The summed E-state index contributed by atoms with van der Waals surface area (Å²) in [4.78, 5) is 13.2. The van der Waals surface area contributed by atoms with E-state index >= 15 is 0 Å². The second kappa shape index (κ2) is 7.42. The number of hydrogen-bond acceptors (Lipinski definition) is 5. The first kappa shape index (κ1) is 17.5. The molecule has 0 radical (unpaired) electrons. The van der Waals surface area contributed by atoms with Gasteiger partial charge in [0.15, 0.2) is 0 Å². The van der Waals surface area contributed by atoms with Crippen LogP contribution in [0.2, 0.25) is 0 Å². The maximum atomic E-state index is 12.3. The number of anilines is 1. The van der Waals surface area contributed by atoms with Crippen molar-refractivity contribution in [1.82, 2.24) is 4.31 Å². The van der Waals surface area contributed by atoms with Gasteiger partial charge in [-0.3, -0.25) is 4.79 Å². The molecule has 0 aliphatic rings. The van der Waals surface area contributed by atoms with Gasteiger partial charge in [-0.15, -0.1) is 0 Å². The maximum absolute atomic E-state index is 12.3. The molecule has 0 aliphatic heterocycles. The average Bonchev–Trinajstić information content (AvgIpc) is 2.46. The van der Waals surface area contributed by atoms with E-state index in [1.807, 2.05) is 4.90 Å². The second-order valence-corrected chi connectivity index (χ2v) is 6.98. The van der Waals surface area contributed by atoms with Gasteiger partial charge in [0.05, 0.1) is 12.8 Å². The molecular weight excluding hydrogens is 292 g/mol. The minimum Gasteiger partial charge on any atom is -0.469 e. The van der Waals surface area contributed by atoms with Crippen LogP contribution >= 0.6 is 0 Å². The van der Waals surface area contributed by atoms with Crippen molar-refractivity contribution in [3.8, 4) is 0 Å². The summed E-state index contributed by atoms with van der Waals surface area (Å²) in [6.07, 6.45) is 0.906. The summed E-state index contributed by atoms with van der Waals surface area (Å²) in [6.45, 7) is 0.565. The molecule has 0 saturated heterocycles. The van der Waals surface area contributed by atoms with Gasteiger partial charge in [0.1, 0.15) is 4.90 Å². The number of nitrogens with zero attached hydrogens (tertiary/aromatic N) is 2. The molecule has 0 unspecified atom stereocenters. The van der Waals surface area contributed by atoms with Crippen LogP contribution in [0.5, 0.6) is 0 Å². The first-order valence-corrected chi connectivity index (χ1v) is 8.04. The molecule has 0 bridgehead atoms. The van der Waals surface area contributed by atoms with Crippen LogP contribution in [0, 0.1) is 0 Å². The number of benzene rings is 1. The molecule has 0 atom stereocenters. The Morgan fingerprint density at radius 3 is 2.38 bits per heavy atom. The quantitative estimate of drug-likeness (QED) is 0.710. The number of esters is 1. The van der Waals surface area contributed by atoms with Gasteiger partial charge in [-0.05, 0) is 18.6 Å². The summed E-state index contributed by atoms with van der Waals surface area (Å²) in [7, 11) is 2.67. The largest absolute Gasteiger partial charge is 0.469 e. The van der Waals surface area contributed by atoms with E-state index < -0.39 is 10.0 Å². The summed E-state index contributed by atoms with van der Waals surface area (Å²) < 4.78 is 30.4. The molecule has 1 rings (SSSR count). The van der Waals surface area contributed by atoms with Crippen molar-refractivity contribution in [2.45, 2.75) is 17.7 Å². The smallest absolute Gasteiger partial charge is 0.305 e. The third kappa shape index (κ3) is 4.44. The van der Waals surface area contributed by atoms with E-state index in [0.717, 1.165) is 0 Å². The van der Waals surface area contributed by atoms with Gasteiger partial charge in [0.25, 0.3) is 0 Å². The van der Waals surface area contributed by atoms with Gasteiger partial charge < -0.3 is 9.64 Å². The lowest BCUT2D eigenvalue weighted by Gasteiger charge is -2.23. The van der Waals surface area contributed by atoms with Crippen LogP contribution in [0.25, 0.3) is 0 Å². The Balaban J connectivity index is 2.91. The molecule has 7 heteroatoms. The number of rotatable bonds is 7. The van der Waals surface area contributed by atoms with Crippen LogP contribution in [-0.4, -0.2) is 53.5 Å². The van der Waals surface area contributed by atoms with E-state index in [4.69, 9.17) is 0 Å². The topological polar surface area (TPSA) is 66.9 Å². The van der Waals surface area contributed by atoms with Crippen molar-refractivity contribution in [2.75, 3.05) is 39.7 Å². The number of methoxy groups -OCH3 is 1. The Morgan fingerprint density at radius 1 is 1.19 bits per heavy atom. The van der Waals surface area contributed by atoms with Crippen LogP contribution < -0.4 is 4.90 Å². The third-order valence-electron chi connectivity index (χ3n) is 3.14. The van der Waals surface area contributed by atoms with Crippen molar-refractivity contribution in [1.29, 1.82) is 0 Å². The zero-order valence-corrected chi connectivity index (χ0v) is 13.7. The van der Waals surface area contributed by atoms with Gasteiger partial charge in [-0.25, -0.2) is 12.7 Å². The standard InChI is InChI=1S/C14H22N2O4S/c1-15(2)21(18,19)13-9-6-5-8-12(13)16(3)11-7-10-14(17)20-4/h5-6,8-9H,7,10-11H2,1-4H3. The molecule has 1 aromatic carbocycles. The van der Waals surface area contributed by atoms with Crippen LogP contribution in [0.4, 0.5) is 5.69 Å². The molecule has 0 amide bonds. The Kier molecular flexibility index (Phi) is 6.17. The summed E-state index contributed by atoms with van der Waals surface area (Å²) in [5.74, 6) is -0.266. The van der Waals surface area contributed by atoms with Gasteiger partial charge in [0, 0.05) is 34.1 Å². The van der Waals surface area contributed by atoms with Crippen LogP contribution in [-0.2, 0) is 19.6 Å². The van der Waals surface area contributed by atoms with Crippen LogP contribution in [0.1, 0.15) is 12.8 Å². The van der Waals surface area contributed by atoms with E-state index in [1.165, 1.54) is 25.5 Å². The summed E-state index contributed by atoms with van der Waals surface area (Å²) in [5, 5.41) is 0. The molecule has 0 N–H and O–H groups in total. The Morgan fingerprint density at radius 2 is 1.81 bits per heavy atom. The highest BCUT2D eigenvalue weighted by molar-refractivity contribution is 7.89. The number of para-hydroxylation sites is 1. The van der Waals surface area contributed by atoms with Crippen LogP contribution in [0.3, 0.4) is 0 Å². The van der Waals surface area contributed by atoms with Crippen molar-refractivity contribution in [3.63, 3.8) is 0 Å². The number of ether oxygens (including phenoxy) is 1. The fraction of sp³-hybridized carbons (Fsp3) is 0.500. The fourth-order valence-electron chi connectivity index (χ4n) is 1.87. The first-order chi connectivity index (χ1) is 9.80. The summed E-state index contributed by atoms with van der Waals surface area (Å²) in [5.41, 5.74) is 0.621. The zero-order valence-electron chi connectivity index (χ0n) is 12.9. The van der Waals surface area contributed by atoms with Crippen molar-refractivity contribution >= 4 is 21.7 Å². The molecule has 21 heavy (non-hydrogen) atoms. The van der Waals surface area contributed by atoms with Crippen molar-refractivity contribution in [2.24, 2.45) is 0 Å². The molecule has 6 nitrogen and oxygen atoms in total. The molecule has 0 aromatic heterocycles. The minimum absolute atomic E-state index is 0.260. The normalized spacial score (nSPS) is 11.5. The fourth-order valence-corrected chi connectivity index (χ4v) is 3.00. The lowest BCUT2D eigenvalue weighted by atomic mass is 10.2. The zero-order chi connectivity index (χ0) is 16.0. The van der Waals surface area contributed by atoms with E-state index in [1.54, 1.807) is 31.3 Å². The van der Waals surface area contributed by atoms with E-state index in [-0.39, 0.29) is 10.9 Å². The second-order valence-electron chi connectivity index (χ2n) is 4.86. The third-order valence-corrected chi connectivity index (χ3v) is 5.00.